The van der Waals surface area contributed by atoms with Crippen molar-refractivity contribution in [3.63, 3.8) is 0 Å². The first-order valence-electron chi connectivity index (χ1n) is 6.34. The van der Waals surface area contributed by atoms with Gasteiger partial charge in [-0.1, -0.05) is 0 Å². The molecule has 1 aliphatic heterocycles. The third kappa shape index (κ3) is 2.80. The van der Waals surface area contributed by atoms with E-state index in [0.717, 1.165) is 0 Å². The predicted molar refractivity (Wildman–Crippen MR) is 72.7 cm³/mol. The number of pyridine rings is 1. The van der Waals surface area contributed by atoms with Crippen LogP contribution in [0.3, 0.4) is 0 Å². The van der Waals surface area contributed by atoms with Crippen LogP contribution in [0, 0.1) is 10.1 Å². The van der Waals surface area contributed by atoms with Gasteiger partial charge in [0.25, 0.3) is 5.69 Å². The lowest BCUT2D eigenvalue weighted by Crippen LogP contribution is -2.16. The molecule has 2 heterocycles. The molecule has 0 aliphatic carbocycles. The second-order valence-electron chi connectivity index (χ2n) is 4.42. The number of hydrogen-bond donors (Lipinski definition) is 0. The topological polar surface area (TPSA) is 101 Å². The fourth-order valence-corrected chi connectivity index (χ4v) is 1.98. The molecular weight excluding hydrogens is 292 g/mol. The number of nitro benzene ring substituents is 1. The second-order valence-corrected chi connectivity index (χ2v) is 4.42. The normalized spacial score (nSPS) is 15.5. The van der Waals surface area contributed by atoms with Crippen LogP contribution in [0.2, 0.25) is 0 Å². The summed E-state index contributed by atoms with van der Waals surface area (Å²) in [5.41, 5.74) is 0.577. The Balaban J connectivity index is 1.62. The first-order valence-corrected chi connectivity index (χ1v) is 6.34. The Morgan fingerprint density at radius 1 is 1.32 bits per heavy atom. The largest absolute Gasteiger partial charge is 0.514 e. The molecule has 8 nitrogen and oxygen atoms in total. The molecule has 22 heavy (non-hydrogen) atoms. The summed E-state index contributed by atoms with van der Waals surface area (Å²) in [7, 11) is 0. The zero-order chi connectivity index (χ0) is 15.5. The zero-order valence-electron chi connectivity index (χ0n) is 11.2. The van der Waals surface area contributed by atoms with Crippen LogP contribution in [-0.4, -0.2) is 22.7 Å². The summed E-state index contributed by atoms with van der Waals surface area (Å²) < 4.78 is 15.4. The zero-order valence-corrected chi connectivity index (χ0v) is 11.2. The van der Waals surface area contributed by atoms with Gasteiger partial charge >= 0.3 is 6.16 Å². The quantitative estimate of drug-likeness (QED) is 0.372. The molecule has 8 heteroatoms. The van der Waals surface area contributed by atoms with Crippen LogP contribution >= 0.6 is 0 Å². The van der Waals surface area contributed by atoms with Gasteiger partial charge in [-0.25, -0.2) is 9.78 Å². The van der Waals surface area contributed by atoms with Crippen molar-refractivity contribution in [3.05, 3.63) is 58.3 Å². The van der Waals surface area contributed by atoms with Gasteiger partial charge in [-0.3, -0.25) is 10.1 Å². The van der Waals surface area contributed by atoms with E-state index >= 15 is 0 Å². The second kappa shape index (κ2) is 5.68. The van der Waals surface area contributed by atoms with E-state index < -0.39 is 17.2 Å². The van der Waals surface area contributed by atoms with Gasteiger partial charge in [0.05, 0.1) is 10.5 Å². The van der Waals surface area contributed by atoms with E-state index in [-0.39, 0.29) is 18.0 Å². The fraction of sp³-hybridized carbons (Fsp3) is 0.143. The maximum Gasteiger partial charge on any atom is 0.514 e. The Bertz CT molecular complexity index is 716. The summed E-state index contributed by atoms with van der Waals surface area (Å²) in [4.78, 5) is 25.7. The molecule has 0 N–H and O–H groups in total. The van der Waals surface area contributed by atoms with E-state index in [1.165, 1.54) is 24.3 Å². The molecular formula is C14H10N2O6. The number of benzene rings is 1. The third-order valence-electron chi connectivity index (χ3n) is 3.01. The van der Waals surface area contributed by atoms with Gasteiger partial charge in [-0.15, -0.1) is 0 Å². The van der Waals surface area contributed by atoms with Crippen molar-refractivity contribution in [2.75, 3.05) is 6.61 Å². The Kier molecular flexibility index (Phi) is 3.57. The van der Waals surface area contributed by atoms with Crippen molar-refractivity contribution in [3.8, 4) is 11.6 Å². The van der Waals surface area contributed by atoms with Gasteiger partial charge in [-0.05, 0) is 24.3 Å². The number of fused-ring (bicyclic) bond motifs is 1. The first kappa shape index (κ1) is 13.8. The monoisotopic (exact) mass is 302 g/mol. The molecule has 3 rings (SSSR count). The van der Waals surface area contributed by atoms with Crippen LogP contribution in [0.4, 0.5) is 10.5 Å². The lowest BCUT2D eigenvalue weighted by atomic mass is 10.2. The molecule has 1 unspecified atom stereocenters. The summed E-state index contributed by atoms with van der Waals surface area (Å²) in [6, 6.07) is 8.58. The number of carbonyl (C=O) groups is 1. The van der Waals surface area contributed by atoms with Crippen molar-refractivity contribution >= 4 is 11.8 Å². The molecule has 2 aromatic rings. The van der Waals surface area contributed by atoms with Gasteiger partial charge in [0, 0.05) is 18.3 Å². The van der Waals surface area contributed by atoms with Crippen LogP contribution < -0.4 is 9.47 Å². The minimum atomic E-state index is -0.917. The Hall–Kier alpha value is -3.16. The summed E-state index contributed by atoms with van der Waals surface area (Å²) >= 11 is 0. The fourth-order valence-electron chi connectivity index (χ4n) is 1.98. The van der Waals surface area contributed by atoms with Crippen LogP contribution in [0.15, 0.2) is 42.6 Å². The van der Waals surface area contributed by atoms with Crippen molar-refractivity contribution in [1.29, 1.82) is 0 Å². The molecule has 1 aromatic heterocycles. The first-order chi connectivity index (χ1) is 10.6. The lowest BCUT2D eigenvalue weighted by Gasteiger charge is -2.10. The Morgan fingerprint density at radius 3 is 2.82 bits per heavy atom. The molecule has 0 bridgehead atoms. The maximum atomic E-state index is 11.7. The average molecular weight is 302 g/mol. The number of nitro groups is 1. The SMILES string of the molecule is O=C(Oc1ccc([N+](=O)[O-])cc1)OC1COc2ncccc21. The average Bonchev–Trinajstić information content (AvgIpc) is 2.91. The summed E-state index contributed by atoms with van der Waals surface area (Å²) in [6.07, 6.45) is 0.0737. The highest BCUT2D eigenvalue weighted by molar-refractivity contribution is 5.64. The number of hydrogen-bond acceptors (Lipinski definition) is 7. The number of carbonyl (C=O) groups excluding carboxylic acids is 1. The molecule has 0 radical (unpaired) electrons. The van der Waals surface area contributed by atoms with Crippen molar-refractivity contribution in [1.82, 2.24) is 4.98 Å². The molecule has 0 saturated heterocycles. The predicted octanol–water partition coefficient (Wildman–Crippen LogP) is 2.64. The van der Waals surface area contributed by atoms with Gasteiger partial charge in [0.1, 0.15) is 12.4 Å². The number of ether oxygens (including phenoxy) is 3. The van der Waals surface area contributed by atoms with Crippen LogP contribution in [-0.2, 0) is 4.74 Å². The summed E-state index contributed by atoms with van der Waals surface area (Å²) in [6.45, 7) is 0.168. The minimum absolute atomic E-state index is 0.0927. The smallest absolute Gasteiger partial charge is 0.473 e. The summed E-state index contributed by atoms with van der Waals surface area (Å²) in [5.74, 6) is 0.580. The van der Waals surface area contributed by atoms with Gasteiger partial charge in [0.15, 0.2) is 6.10 Å². The van der Waals surface area contributed by atoms with Crippen molar-refractivity contribution in [2.24, 2.45) is 0 Å². The van der Waals surface area contributed by atoms with Gasteiger partial charge in [0.2, 0.25) is 5.88 Å². The number of rotatable bonds is 3. The van der Waals surface area contributed by atoms with E-state index in [1.54, 1.807) is 18.3 Å². The Labute approximate surface area is 124 Å². The van der Waals surface area contributed by atoms with Crippen molar-refractivity contribution in [2.45, 2.75) is 6.10 Å². The molecule has 0 saturated carbocycles. The lowest BCUT2D eigenvalue weighted by molar-refractivity contribution is -0.384. The van der Waals surface area contributed by atoms with Crippen LogP contribution in [0.1, 0.15) is 11.7 Å². The molecule has 0 fully saturated rings. The van der Waals surface area contributed by atoms with E-state index in [2.05, 4.69) is 4.98 Å². The van der Waals surface area contributed by atoms with Crippen LogP contribution in [0.25, 0.3) is 0 Å². The van der Waals surface area contributed by atoms with E-state index in [4.69, 9.17) is 14.2 Å². The molecule has 112 valence electrons. The van der Waals surface area contributed by atoms with E-state index in [0.29, 0.717) is 11.4 Å². The number of nitrogens with zero attached hydrogens (tertiary/aromatic N) is 2. The molecule has 1 aromatic carbocycles. The van der Waals surface area contributed by atoms with E-state index in [9.17, 15) is 14.9 Å². The highest BCUT2D eigenvalue weighted by Gasteiger charge is 2.29. The molecule has 1 aliphatic rings. The molecule has 1 atom stereocenters. The summed E-state index contributed by atoms with van der Waals surface area (Å²) in [5, 5.41) is 10.5. The highest BCUT2D eigenvalue weighted by atomic mass is 16.7. The van der Waals surface area contributed by atoms with Crippen molar-refractivity contribution < 1.29 is 23.9 Å². The molecule has 0 spiro atoms. The maximum absolute atomic E-state index is 11.7. The van der Waals surface area contributed by atoms with Gasteiger partial charge in [-0.2, -0.15) is 0 Å². The van der Waals surface area contributed by atoms with Crippen LogP contribution in [0.5, 0.6) is 11.6 Å². The minimum Gasteiger partial charge on any atom is -0.473 e. The third-order valence-corrected chi connectivity index (χ3v) is 3.01. The highest BCUT2D eigenvalue weighted by Crippen LogP contribution is 2.32. The Morgan fingerprint density at radius 2 is 2.09 bits per heavy atom. The number of non-ortho nitro benzene ring substituents is 1. The van der Waals surface area contributed by atoms with Gasteiger partial charge < -0.3 is 14.2 Å². The number of aromatic nitrogens is 1. The van der Waals surface area contributed by atoms with E-state index in [1.807, 2.05) is 0 Å². The standard InChI is InChI=1S/C14H10N2O6/c17-14(21-10-5-3-9(4-6-10)16(18)19)22-12-8-20-13-11(12)2-1-7-15-13/h1-7,12H,8H2. The molecule has 0 amide bonds.